The lowest BCUT2D eigenvalue weighted by atomic mass is 10.1. The van der Waals surface area contributed by atoms with Gasteiger partial charge < -0.3 is 14.8 Å². The molecule has 4 rings (SSSR count). The molecule has 0 fully saturated rings. The van der Waals surface area contributed by atoms with E-state index in [0.29, 0.717) is 36.6 Å². The summed E-state index contributed by atoms with van der Waals surface area (Å²) in [6, 6.07) is 25.2. The third-order valence-corrected chi connectivity index (χ3v) is 5.06. The first kappa shape index (κ1) is 20.4. The number of hydrogen-bond acceptors (Lipinski definition) is 4. The van der Waals surface area contributed by atoms with Crippen LogP contribution >= 0.6 is 0 Å². The van der Waals surface area contributed by atoms with Gasteiger partial charge in [0.15, 0.2) is 11.5 Å². The van der Waals surface area contributed by atoms with E-state index in [-0.39, 0.29) is 5.91 Å². The van der Waals surface area contributed by atoms with Crippen molar-refractivity contribution in [2.45, 2.75) is 13.0 Å². The van der Waals surface area contributed by atoms with Gasteiger partial charge in [0.1, 0.15) is 6.61 Å². The highest BCUT2D eigenvalue weighted by atomic mass is 16.5. The molecule has 0 saturated carbocycles. The minimum Gasteiger partial charge on any atom is -0.493 e. The van der Waals surface area contributed by atoms with Crippen LogP contribution in [-0.2, 0) is 13.0 Å². The van der Waals surface area contributed by atoms with Crippen LogP contribution in [0.5, 0.6) is 11.5 Å². The molecule has 1 heterocycles. The Morgan fingerprint density at radius 2 is 1.77 bits per heavy atom. The summed E-state index contributed by atoms with van der Waals surface area (Å²) < 4.78 is 11.3. The van der Waals surface area contributed by atoms with Gasteiger partial charge in [-0.1, -0.05) is 54.6 Å². The maximum Gasteiger partial charge on any atom is 0.251 e. The van der Waals surface area contributed by atoms with E-state index in [2.05, 4.69) is 10.3 Å². The molecule has 0 unspecified atom stereocenters. The normalized spacial score (nSPS) is 10.6. The molecule has 1 amide bonds. The summed E-state index contributed by atoms with van der Waals surface area (Å²) in [6.45, 7) is 0.949. The minimum atomic E-state index is -0.152. The van der Waals surface area contributed by atoms with Crippen LogP contribution in [0.2, 0.25) is 0 Å². The van der Waals surface area contributed by atoms with Crippen LogP contribution in [0.3, 0.4) is 0 Å². The van der Waals surface area contributed by atoms with Gasteiger partial charge in [-0.05, 0) is 41.8 Å². The maximum atomic E-state index is 12.6. The molecule has 5 nitrogen and oxygen atoms in total. The van der Waals surface area contributed by atoms with Gasteiger partial charge in [0.2, 0.25) is 0 Å². The smallest absolute Gasteiger partial charge is 0.251 e. The number of ether oxygens (including phenoxy) is 2. The Labute approximate surface area is 181 Å². The Balaban J connectivity index is 1.38. The van der Waals surface area contributed by atoms with Gasteiger partial charge in [0, 0.05) is 23.7 Å². The highest BCUT2D eigenvalue weighted by Gasteiger charge is 2.12. The molecule has 31 heavy (non-hydrogen) atoms. The van der Waals surface area contributed by atoms with Gasteiger partial charge in [-0.2, -0.15) is 0 Å². The average molecular weight is 412 g/mol. The van der Waals surface area contributed by atoms with Gasteiger partial charge in [0.25, 0.3) is 5.91 Å². The van der Waals surface area contributed by atoms with E-state index in [1.807, 2.05) is 60.7 Å². The molecule has 0 aliphatic rings. The van der Waals surface area contributed by atoms with E-state index in [0.717, 1.165) is 22.0 Å². The zero-order valence-electron chi connectivity index (χ0n) is 17.4. The molecule has 0 atom stereocenters. The molecular weight excluding hydrogens is 388 g/mol. The number of aromatic nitrogens is 1. The van der Waals surface area contributed by atoms with Crippen molar-refractivity contribution in [3.63, 3.8) is 0 Å². The molecule has 5 heteroatoms. The first-order chi connectivity index (χ1) is 15.2. The van der Waals surface area contributed by atoms with E-state index in [1.54, 1.807) is 31.5 Å². The number of nitrogens with one attached hydrogen (secondary N) is 1. The molecule has 0 radical (unpaired) electrons. The molecule has 156 valence electrons. The van der Waals surface area contributed by atoms with Crippen molar-refractivity contribution in [3.05, 3.63) is 102 Å². The minimum absolute atomic E-state index is 0.152. The predicted molar refractivity (Wildman–Crippen MR) is 122 cm³/mol. The van der Waals surface area contributed by atoms with Crippen LogP contribution in [-0.4, -0.2) is 24.5 Å². The number of amides is 1. The third kappa shape index (κ3) is 5.01. The van der Waals surface area contributed by atoms with E-state index in [4.69, 9.17) is 9.47 Å². The largest absolute Gasteiger partial charge is 0.493 e. The topological polar surface area (TPSA) is 60.5 Å². The zero-order chi connectivity index (χ0) is 21.5. The Kier molecular flexibility index (Phi) is 6.43. The maximum absolute atomic E-state index is 12.6. The summed E-state index contributed by atoms with van der Waals surface area (Å²) >= 11 is 0. The standard InChI is InChI=1S/C26H24N2O3/c1-30-24-17-22(12-13-23(24)31-18-19-7-3-2-4-8-19)26(29)28-16-14-21-10-5-9-20-11-6-15-27-25(20)21/h2-13,15,17H,14,16,18H2,1H3,(H,28,29). The van der Waals surface area contributed by atoms with Crippen LogP contribution in [0.4, 0.5) is 0 Å². The van der Waals surface area contributed by atoms with Gasteiger partial charge in [-0.3, -0.25) is 9.78 Å². The number of rotatable bonds is 8. The van der Waals surface area contributed by atoms with Crippen molar-refractivity contribution in [3.8, 4) is 11.5 Å². The van der Waals surface area contributed by atoms with Crippen LogP contribution in [0.25, 0.3) is 10.9 Å². The van der Waals surface area contributed by atoms with Crippen molar-refractivity contribution < 1.29 is 14.3 Å². The monoisotopic (exact) mass is 412 g/mol. The summed E-state index contributed by atoms with van der Waals surface area (Å²) in [4.78, 5) is 17.1. The van der Waals surface area contributed by atoms with Crippen LogP contribution in [0, 0.1) is 0 Å². The van der Waals surface area contributed by atoms with Crippen LogP contribution < -0.4 is 14.8 Å². The van der Waals surface area contributed by atoms with Gasteiger partial charge in [-0.25, -0.2) is 0 Å². The summed E-state index contributed by atoms with van der Waals surface area (Å²) in [5.41, 5.74) is 3.68. The molecule has 4 aromatic rings. The average Bonchev–Trinajstić information content (AvgIpc) is 2.83. The number of pyridine rings is 1. The van der Waals surface area contributed by atoms with E-state index < -0.39 is 0 Å². The highest BCUT2D eigenvalue weighted by Crippen LogP contribution is 2.29. The Morgan fingerprint density at radius 3 is 2.61 bits per heavy atom. The van der Waals surface area contributed by atoms with Crippen LogP contribution in [0.15, 0.2) is 85.1 Å². The number of nitrogens with zero attached hydrogens (tertiary/aromatic N) is 1. The number of hydrogen-bond donors (Lipinski definition) is 1. The molecular formula is C26H24N2O3. The van der Waals surface area contributed by atoms with Crippen LogP contribution in [0.1, 0.15) is 21.5 Å². The number of methoxy groups -OCH3 is 1. The molecule has 1 aromatic heterocycles. The SMILES string of the molecule is COc1cc(C(=O)NCCc2cccc3cccnc23)ccc1OCc1ccccc1. The number of carbonyl (C=O) groups is 1. The predicted octanol–water partition coefficient (Wildman–Crippen LogP) is 4.79. The molecule has 3 aromatic carbocycles. The number of carbonyl (C=O) groups excluding carboxylic acids is 1. The summed E-state index contributed by atoms with van der Waals surface area (Å²) in [7, 11) is 1.57. The first-order valence-corrected chi connectivity index (χ1v) is 10.2. The zero-order valence-corrected chi connectivity index (χ0v) is 17.4. The first-order valence-electron chi connectivity index (χ1n) is 10.2. The highest BCUT2D eigenvalue weighted by molar-refractivity contribution is 5.95. The Morgan fingerprint density at radius 1 is 0.935 bits per heavy atom. The van der Waals surface area contributed by atoms with E-state index in [1.165, 1.54) is 0 Å². The van der Waals surface area contributed by atoms with Crippen molar-refractivity contribution in [2.24, 2.45) is 0 Å². The number of benzene rings is 3. The molecule has 0 spiro atoms. The second kappa shape index (κ2) is 9.76. The fraction of sp³-hybridized carbons (Fsp3) is 0.154. The Hall–Kier alpha value is -3.86. The fourth-order valence-corrected chi connectivity index (χ4v) is 3.45. The quantitative estimate of drug-likeness (QED) is 0.452. The van der Waals surface area contributed by atoms with Gasteiger partial charge in [-0.15, -0.1) is 0 Å². The fourth-order valence-electron chi connectivity index (χ4n) is 3.45. The lowest BCUT2D eigenvalue weighted by Crippen LogP contribution is -2.25. The van der Waals surface area contributed by atoms with Gasteiger partial charge >= 0.3 is 0 Å². The molecule has 1 N–H and O–H groups in total. The van der Waals surface area contributed by atoms with Crippen molar-refractivity contribution in [1.29, 1.82) is 0 Å². The second-order valence-electron chi connectivity index (χ2n) is 7.14. The lowest BCUT2D eigenvalue weighted by molar-refractivity contribution is 0.0953. The van der Waals surface area contributed by atoms with Gasteiger partial charge in [0.05, 0.1) is 12.6 Å². The van der Waals surface area contributed by atoms with E-state index >= 15 is 0 Å². The molecule has 0 aliphatic heterocycles. The van der Waals surface area contributed by atoms with Crippen molar-refractivity contribution in [1.82, 2.24) is 10.3 Å². The van der Waals surface area contributed by atoms with Crippen molar-refractivity contribution in [2.75, 3.05) is 13.7 Å². The lowest BCUT2D eigenvalue weighted by Gasteiger charge is -2.13. The second-order valence-corrected chi connectivity index (χ2v) is 7.14. The third-order valence-electron chi connectivity index (χ3n) is 5.06. The summed E-state index contributed by atoms with van der Waals surface area (Å²) in [6.07, 6.45) is 2.49. The number of para-hydroxylation sites is 1. The molecule has 0 aliphatic carbocycles. The summed E-state index contributed by atoms with van der Waals surface area (Å²) in [5.74, 6) is 0.979. The molecule has 0 saturated heterocycles. The van der Waals surface area contributed by atoms with E-state index in [9.17, 15) is 4.79 Å². The summed E-state index contributed by atoms with van der Waals surface area (Å²) in [5, 5.41) is 4.08. The molecule has 0 bridgehead atoms. The van der Waals surface area contributed by atoms with Crippen molar-refractivity contribution >= 4 is 16.8 Å². The Bertz CT molecular complexity index is 1170. The number of fused-ring (bicyclic) bond motifs is 1.